The topological polar surface area (TPSA) is 435 Å². The number of hydrogen-bond acceptors (Lipinski definition) is 26. The zero-order valence-electron chi connectivity index (χ0n) is 71.7. The lowest BCUT2D eigenvalue weighted by molar-refractivity contribution is -0.275. The van der Waals surface area contributed by atoms with E-state index in [9.17, 15) is 72.3 Å². The van der Waals surface area contributed by atoms with Crippen LogP contribution in [-0.4, -0.2) is 145 Å². The molecule has 0 aliphatic carbocycles. The molecule has 5 aliphatic heterocycles. The fourth-order valence-electron chi connectivity index (χ4n) is 16.0. The van der Waals surface area contributed by atoms with Crippen LogP contribution in [0.5, 0.6) is 5.75 Å². The summed E-state index contributed by atoms with van der Waals surface area (Å²) < 4.78 is 179. The van der Waals surface area contributed by atoms with Crippen LogP contribution in [-0.2, 0) is 25.7 Å². The summed E-state index contributed by atoms with van der Waals surface area (Å²) in [6.45, 7) is 3.55. The molecule has 42 heteroatoms. The quantitative estimate of drug-likeness (QED) is 0.0595. The number of carbonyl (C=O) groups is 5. The molecular weight excluding hydrogens is 1780 g/mol. The summed E-state index contributed by atoms with van der Waals surface area (Å²) in [5, 5.41) is 0. The van der Waals surface area contributed by atoms with E-state index in [1.807, 2.05) is 0 Å². The largest absolute Gasteiger partial charge is 0.573 e. The number of ether oxygens (including phenoxy) is 1. The molecule has 31 nitrogen and oxygen atoms in total. The number of alkyl halides is 3. The van der Waals surface area contributed by atoms with Crippen molar-refractivity contribution in [2.24, 2.45) is 0 Å². The Bertz CT molecular complexity index is 7060. The summed E-state index contributed by atoms with van der Waals surface area (Å²) in [5.74, 6) is -4.32. The summed E-state index contributed by atoms with van der Waals surface area (Å²) >= 11 is 0. The van der Waals surface area contributed by atoms with Crippen molar-refractivity contribution in [1.29, 1.82) is 0 Å². The second-order valence-corrected chi connectivity index (χ2v) is 31.1. The van der Waals surface area contributed by atoms with E-state index in [2.05, 4.69) is 54.6 Å². The number of aromatic nitrogens is 10. The molecule has 0 bridgehead atoms. The normalized spacial score (nSPS) is 15.9. The Balaban J connectivity index is 0.000000123. The van der Waals surface area contributed by atoms with Crippen molar-refractivity contribution in [2.75, 3.05) is 63.9 Å². The second-order valence-electron chi connectivity index (χ2n) is 31.1. The average Bonchev–Trinajstić information content (AvgIpc) is 1.84. The lowest BCUT2D eigenvalue weighted by Gasteiger charge is -2.21. The predicted octanol–water partition coefficient (Wildman–Crippen LogP) is 16.3. The average molecular weight is 1860 g/mol. The first-order valence-corrected chi connectivity index (χ1v) is 40.7. The molecule has 0 fully saturated rings. The first kappa shape index (κ1) is 91.3. The van der Waals surface area contributed by atoms with Gasteiger partial charge in [0.2, 0.25) is 29.7 Å². The maximum atomic E-state index is 14.1. The van der Waals surface area contributed by atoms with Gasteiger partial charge in [0.05, 0.1) is 99.2 Å². The highest BCUT2D eigenvalue weighted by atomic mass is 19.4. The number of benzene rings is 5. The molecule has 10 aromatic heterocycles. The third kappa shape index (κ3) is 18.4. The fraction of sp³-hybridized carbons (Fsp3) is 0.172. The lowest BCUT2D eigenvalue weighted by atomic mass is 10.0. The van der Waals surface area contributed by atoms with Crippen molar-refractivity contribution >= 4 is 71.1 Å². The monoisotopic (exact) mass is 1850 g/mol. The van der Waals surface area contributed by atoms with Crippen LogP contribution < -0.4 is 33.4 Å². The van der Waals surface area contributed by atoms with E-state index >= 15 is 0 Å². The highest BCUT2D eigenvalue weighted by Gasteiger charge is 2.46. The minimum atomic E-state index is -4.83. The molecule has 4 atom stereocenters. The van der Waals surface area contributed by atoms with Crippen LogP contribution in [0.15, 0.2) is 199 Å². The molecule has 20 rings (SSSR count). The predicted molar refractivity (Wildman–Crippen MR) is 463 cm³/mol. The minimum Gasteiger partial charge on any atom is -0.463 e. The number of halogens is 11. The Morgan fingerprint density at radius 2 is 0.659 bits per heavy atom. The molecular formula is C93H73F11N20O11. The van der Waals surface area contributed by atoms with Crippen molar-refractivity contribution in [3.63, 3.8) is 0 Å². The van der Waals surface area contributed by atoms with E-state index in [0.717, 1.165) is 30.3 Å². The van der Waals surface area contributed by atoms with Crippen LogP contribution in [0.3, 0.4) is 0 Å². The van der Waals surface area contributed by atoms with Crippen LogP contribution in [0, 0.1) is 60.4 Å². The van der Waals surface area contributed by atoms with Crippen LogP contribution in [0.4, 0.5) is 78.0 Å². The minimum absolute atomic E-state index is 0.00881. The third-order valence-electron chi connectivity index (χ3n) is 22.5. The summed E-state index contributed by atoms with van der Waals surface area (Å²) in [7, 11) is 7.87. The molecule has 5 aromatic carbocycles. The number of amides is 5. The number of nitrogens with zero attached hydrogens (tertiary/aromatic N) is 15. The van der Waals surface area contributed by atoms with Crippen molar-refractivity contribution < 1.29 is 99.1 Å². The van der Waals surface area contributed by atoms with Gasteiger partial charge in [0.1, 0.15) is 98.0 Å². The lowest BCUT2D eigenvalue weighted by Crippen LogP contribution is -2.25. The van der Waals surface area contributed by atoms with E-state index in [1.165, 1.54) is 117 Å². The number of fused-ring (bicyclic) bond motifs is 5. The van der Waals surface area contributed by atoms with Crippen LogP contribution in [0.25, 0.3) is 69.0 Å². The van der Waals surface area contributed by atoms with Crippen molar-refractivity contribution in [1.82, 2.24) is 74.3 Å². The number of nitrogen functional groups attached to an aromatic ring is 5. The van der Waals surface area contributed by atoms with Gasteiger partial charge in [-0.15, -0.1) is 13.2 Å². The van der Waals surface area contributed by atoms with Gasteiger partial charge in [-0.2, -0.15) is 0 Å². The molecule has 5 aliphatic rings. The number of carbonyl (C=O) groups excluding carboxylic acids is 5. The van der Waals surface area contributed by atoms with Gasteiger partial charge in [-0.1, -0.05) is 36.4 Å². The molecule has 10 N–H and O–H groups in total. The number of para-hydroxylation sites is 1. The highest BCUT2D eigenvalue weighted by molar-refractivity contribution is 6.14. The molecule has 5 amide bonds. The molecule has 0 radical (unpaired) electrons. The van der Waals surface area contributed by atoms with Crippen LogP contribution >= 0.6 is 0 Å². The number of furan rings is 5. The number of rotatable bonds is 15. The summed E-state index contributed by atoms with van der Waals surface area (Å²) in [4.78, 5) is 113. The van der Waals surface area contributed by atoms with Crippen molar-refractivity contribution in [3.05, 3.63) is 319 Å². The molecule has 4 unspecified atom stereocenters. The van der Waals surface area contributed by atoms with E-state index in [0.29, 0.717) is 85.9 Å². The maximum absolute atomic E-state index is 14.1. The Kier molecular flexibility index (Phi) is 24.9. The van der Waals surface area contributed by atoms with Gasteiger partial charge in [0.25, 0.3) is 29.5 Å². The molecule has 135 heavy (non-hydrogen) atoms. The Morgan fingerprint density at radius 1 is 0.348 bits per heavy atom. The Labute approximate surface area is 756 Å². The number of likely N-dealkylation sites (N-methyl/N-ethyl adjacent to an activating group) is 4. The number of anilines is 5. The molecule has 0 saturated heterocycles. The number of aryl methyl sites for hydroxylation is 2. The van der Waals surface area contributed by atoms with E-state index in [-0.39, 0.29) is 163 Å². The first-order chi connectivity index (χ1) is 64.3. The van der Waals surface area contributed by atoms with Gasteiger partial charge < -0.3 is 80.0 Å². The second kappa shape index (κ2) is 36.8. The maximum Gasteiger partial charge on any atom is 0.573 e. The third-order valence-corrected chi connectivity index (χ3v) is 22.5. The number of hydrogen-bond donors (Lipinski definition) is 5. The van der Waals surface area contributed by atoms with E-state index in [4.69, 9.17) is 50.8 Å². The molecule has 15 aromatic rings. The van der Waals surface area contributed by atoms with Gasteiger partial charge in [-0.05, 0) is 139 Å². The van der Waals surface area contributed by atoms with Crippen molar-refractivity contribution in [3.8, 4) is 63.0 Å². The van der Waals surface area contributed by atoms with Gasteiger partial charge in [-0.3, -0.25) is 24.0 Å². The molecule has 688 valence electrons. The van der Waals surface area contributed by atoms with Crippen molar-refractivity contribution in [2.45, 2.75) is 70.1 Å². The van der Waals surface area contributed by atoms with Gasteiger partial charge in [0, 0.05) is 90.8 Å². The highest BCUT2D eigenvalue weighted by Crippen LogP contribution is 2.46. The van der Waals surface area contributed by atoms with E-state index in [1.54, 1.807) is 109 Å². The first-order valence-electron chi connectivity index (χ1n) is 40.7. The summed E-state index contributed by atoms with van der Waals surface area (Å²) in [6, 6.07) is 33.6. The molecule has 15 heterocycles. The number of nitrogens with two attached hydrogens (primary N) is 5. The SMILES string of the molecule is CN1C(=O)c2c(-c3ccco3)nc(N)nc2C1Cc1ccc(F)cc1F.CN1C(=O)c2c(-c3ccco3)nc(N)nc2C1Cc1ccc(F)cc1F.CN1C(=O)c2c(-c3ccco3)nc(N)nc2C1Cc1ccccc1OC(F)(F)F.Cc1ccc(-c2nc(N)nc3c2C(=O)N(C)/C3=C\c2ccc(F)cc2F)o1.Cc1ccc(-c2nc(N)nc3c2C(=O)N(C)C3Cc2ccc(F)cc2F)o1. The standard InChI is InChI=1S/C19H15F3N4O3.C19H16F2N4O2.C19H14F2N4O2.2C18H14F2N4O2/c1-26-11(9-10-5-2-3-6-12(10)29-19(20,21)22)15-14(17(26)27)16(25-18(23)24-15)13-7-4-8-28-13;2*1-9-3-6-14(27-9)17-15-16(23-19(22)24-17)13(25(2)18(15)26)7-10-4-5-11(20)8-12(10)21;2*1-24-12(7-9-4-5-10(19)8-11(9)20)15-14(17(24)25)16(23-18(21)22-15)13-3-2-6-26-13/h2-8,11H,9H2,1H3,(H2,23,24,25);3-6,8,13H,7H2,1-2H3,(H2,22,23,24);3-8H,1-2H3,(H2,22,23,24);2*2-6,8,12H,7H2,1H3,(H2,21,22,23)/b;;13-7-;;. The zero-order valence-corrected chi connectivity index (χ0v) is 71.7. The molecule has 0 saturated carbocycles. The smallest absolute Gasteiger partial charge is 0.463 e. The Morgan fingerprint density at radius 3 is 0.978 bits per heavy atom. The summed E-state index contributed by atoms with van der Waals surface area (Å²) in [6.07, 6.45) is 1.41. The summed E-state index contributed by atoms with van der Waals surface area (Å²) in [5.41, 5.74) is 35.2. The van der Waals surface area contributed by atoms with Gasteiger partial charge in [0.15, 0.2) is 28.8 Å². The fourth-order valence-corrected chi connectivity index (χ4v) is 16.0. The van der Waals surface area contributed by atoms with Gasteiger partial charge >= 0.3 is 6.36 Å². The van der Waals surface area contributed by atoms with E-state index < -0.39 is 77.1 Å². The molecule has 0 spiro atoms. The van der Waals surface area contributed by atoms with Gasteiger partial charge in [-0.25, -0.2) is 85.0 Å². The van der Waals surface area contributed by atoms with Crippen LogP contribution in [0.2, 0.25) is 0 Å². The van der Waals surface area contributed by atoms with Crippen LogP contribution in [0.1, 0.15) is 144 Å². The zero-order chi connectivity index (χ0) is 96.2. The Hall–Kier alpha value is -17.0.